The van der Waals surface area contributed by atoms with E-state index in [1.165, 1.54) is 18.4 Å². The summed E-state index contributed by atoms with van der Waals surface area (Å²) in [5.41, 5.74) is 1.41. The van der Waals surface area contributed by atoms with E-state index < -0.39 is 0 Å². The van der Waals surface area contributed by atoms with E-state index in [4.69, 9.17) is 0 Å². The first-order valence-corrected chi connectivity index (χ1v) is 3.73. The Morgan fingerprint density at radius 1 is 1.22 bits per heavy atom. The van der Waals surface area contributed by atoms with Gasteiger partial charge in [-0.25, -0.2) is 0 Å². The van der Waals surface area contributed by atoms with Gasteiger partial charge in [0.25, 0.3) is 0 Å². The third kappa shape index (κ3) is 4.01. The minimum atomic E-state index is 1.23. The minimum absolute atomic E-state index is 1.23. The van der Waals surface area contributed by atoms with Crippen LogP contribution in [0.15, 0.2) is 23.8 Å². The maximum atomic E-state index is 2.26. The SMILES string of the molecule is CC.CC1=CCCC=C1. The average Bonchev–Trinajstić information content (AvgIpc) is 1.94. The highest BCUT2D eigenvalue weighted by molar-refractivity contribution is 5.18. The first kappa shape index (κ1) is 8.48. The maximum Gasteiger partial charge on any atom is -0.0310 e. The second-order valence-electron chi connectivity index (χ2n) is 1.93. The van der Waals surface area contributed by atoms with Crippen LogP contribution in [0.1, 0.15) is 33.6 Å². The van der Waals surface area contributed by atoms with Crippen LogP contribution in [-0.2, 0) is 0 Å². The molecule has 0 amide bonds. The van der Waals surface area contributed by atoms with Gasteiger partial charge in [-0.2, -0.15) is 0 Å². The molecule has 0 bridgehead atoms. The number of hydrogen-bond acceptors (Lipinski definition) is 0. The summed E-state index contributed by atoms with van der Waals surface area (Å²) in [6.07, 6.45) is 9.12. The van der Waals surface area contributed by atoms with Crippen molar-refractivity contribution in [2.45, 2.75) is 33.6 Å². The van der Waals surface area contributed by atoms with E-state index in [2.05, 4.69) is 25.2 Å². The van der Waals surface area contributed by atoms with Crippen LogP contribution in [0.2, 0.25) is 0 Å². The molecule has 1 aliphatic carbocycles. The third-order valence-corrected chi connectivity index (χ3v) is 1.18. The van der Waals surface area contributed by atoms with Gasteiger partial charge in [0, 0.05) is 0 Å². The fraction of sp³-hybridized carbons (Fsp3) is 0.556. The van der Waals surface area contributed by atoms with E-state index in [1.807, 2.05) is 13.8 Å². The largest absolute Gasteiger partial charge is 0.0840 e. The van der Waals surface area contributed by atoms with Gasteiger partial charge in [0.15, 0.2) is 0 Å². The van der Waals surface area contributed by atoms with Crippen molar-refractivity contribution >= 4 is 0 Å². The molecule has 0 aliphatic heterocycles. The van der Waals surface area contributed by atoms with Gasteiger partial charge in [-0.1, -0.05) is 37.6 Å². The highest BCUT2D eigenvalue weighted by Gasteiger charge is 1.86. The van der Waals surface area contributed by atoms with Crippen LogP contribution in [0.25, 0.3) is 0 Å². The molecule has 0 saturated carbocycles. The molecule has 0 N–H and O–H groups in total. The van der Waals surface area contributed by atoms with Crippen LogP contribution >= 0.6 is 0 Å². The monoisotopic (exact) mass is 124 g/mol. The zero-order valence-corrected chi connectivity index (χ0v) is 6.65. The third-order valence-electron chi connectivity index (χ3n) is 1.18. The van der Waals surface area contributed by atoms with Crippen molar-refractivity contribution in [1.82, 2.24) is 0 Å². The summed E-state index contributed by atoms with van der Waals surface area (Å²) in [6, 6.07) is 0. The van der Waals surface area contributed by atoms with Crippen LogP contribution in [0.3, 0.4) is 0 Å². The molecule has 0 spiro atoms. The molecule has 1 rings (SSSR count). The Morgan fingerprint density at radius 2 is 1.89 bits per heavy atom. The molecule has 0 fully saturated rings. The Kier molecular flexibility index (Phi) is 5.29. The lowest BCUT2D eigenvalue weighted by atomic mass is 10.1. The molecule has 0 saturated heterocycles. The summed E-state index contributed by atoms with van der Waals surface area (Å²) in [6.45, 7) is 6.13. The van der Waals surface area contributed by atoms with E-state index in [0.717, 1.165) is 0 Å². The fourth-order valence-corrected chi connectivity index (χ4v) is 0.744. The van der Waals surface area contributed by atoms with Gasteiger partial charge in [0.2, 0.25) is 0 Å². The van der Waals surface area contributed by atoms with E-state index >= 15 is 0 Å². The Hall–Kier alpha value is -0.520. The number of hydrogen-bond donors (Lipinski definition) is 0. The molecule has 0 heteroatoms. The highest BCUT2D eigenvalue weighted by atomic mass is 13.9. The molecule has 9 heavy (non-hydrogen) atoms. The zero-order chi connectivity index (χ0) is 7.11. The van der Waals surface area contributed by atoms with Gasteiger partial charge in [-0.05, 0) is 19.8 Å². The predicted molar refractivity (Wildman–Crippen MR) is 43.5 cm³/mol. The Bertz CT molecular complexity index is 107. The quantitative estimate of drug-likeness (QED) is 0.464. The molecular weight excluding hydrogens is 108 g/mol. The standard InChI is InChI=1S/C7H10.C2H6/c1-7-5-3-2-4-6-7;1-2/h3,5-6H,2,4H2,1H3;1-2H3. The molecule has 0 unspecified atom stereocenters. The maximum absolute atomic E-state index is 2.26. The number of allylic oxidation sites excluding steroid dienone is 4. The Labute approximate surface area is 58.3 Å². The first-order valence-electron chi connectivity index (χ1n) is 3.73. The van der Waals surface area contributed by atoms with E-state index in [1.54, 1.807) is 0 Å². The summed E-state index contributed by atoms with van der Waals surface area (Å²) < 4.78 is 0. The van der Waals surface area contributed by atoms with Gasteiger partial charge in [-0.3, -0.25) is 0 Å². The van der Waals surface area contributed by atoms with Crippen molar-refractivity contribution < 1.29 is 0 Å². The average molecular weight is 124 g/mol. The molecule has 0 aromatic carbocycles. The molecule has 1 aliphatic rings. The molecular formula is C9H16. The summed E-state index contributed by atoms with van der Waals surface area (Å²) in [5.74, 6) is 0. The van der Waals surface area contributed by atoms with Gasteiger partial charge < -0.3 is 0 Å². The molecule has 0 aromatic heterocycles. The molecule has 52 valence electrons. The van der Waals surface area contributed by atoms with Crippen LogP contribution in [0, 0.1) is 0 Å². The van der Waals surface area contributed by atoms with Crippen molar-refractivity contribution in [1.29, 1.82) is 0 Å². The van der Waals surface area contributed by atoms with Crippen molar-refractivity contribution in [3.63, 3.8) is 0 Å². The predicted octanol–water partition coefficient (Wildman–Crippen LogP) is 3.31. The Balaban J connectivity index is 0.000000291. The van der Waals surface area contributed by atoms with Crippen LogP contribution in [-0.4, -0.2) is 0 Å². The molecule has 0 nitrogen and oxygen atoms in total. The van der Waals surface area contributed by atoms with Crippen molar-refractivity contribution in [2.24, 2.45) is 0 Å². The molecule has 0 heterocycles. The van der Waals surface area contributed by atoms with Crippen molar-refractivity contribution in [3.05, 3.63) is 23.8 Å². The van der Waals surface area contributed by atoms with Crippen molar-refractivity contribution in [2.75, 3.05) is 0 Å². The lowest BCUT2D eigenvalue weighted by Gasteiger charge is -1.96. The lowest BCUT2D eigenvalue weighted by molar-refractivity contribution is 1.02. The van der Waals surface area contributed by atoms with Crippen LogP contribution in [0.5, 0.6) is 0 Å². The lowest BCUT2D eigenvalue weighted by Crippen LogP contribution is -1.76. The van der Waals surface area contributed by atoms with Gasteiger partial charge in [-0.15, -0.1) is 0 Å². The van der Waals surface area contributed by atoms with E-state index in [0.29, 0.717) is 0 Å². The summed E-state index contributed by atoms with van der Waals surface area (Å²) in [7, 11) is 0. The molecule has 0 radical (unpaired) electrons. The highest BCUT2D eigenvalue weighted by Crippen LogP contribution is 2.06. The molecule has 0 atom stereocenters. The summed E-state index contributed by atoms with van der Waals surface area (Å²) in [4.78, 5) is 0. The second kappa shape index (κ2) is 5.61. The van der Waals surface area contributed by atoms with Gasteiger partial charge >= 0.3 is 0 Å². The number of rotatable bonds is 0. The first-order chi connectivity index (χ1) is 4.39. The molecule has 0 aromatic rings. The summed E-state index contributed by atoms with van der Waals surface area (Å²) >= 11 is 0. The van der Waals surface area contributed by atoms with Crippen LogP contribution < -0.4 is 0 Å². The normalized spacial score (nSPS) is 15.7. The minimum Gasteiger partial charge on any atom is -0.0840 e. The van der Waals surface area contributed by atoms with E-state index in [9.17, 15) is 0 Å². The van der Waals surface area contributed by atoms with Gasteiger partial charge in [0.05, 0.1) is 0 Å². The summed E-state index contributed by atoms with van der Waals surface area (Å²) in [5, 5.41) is 0. The Morgan fingerprint density at radius 3 is 2.11 bits per heavy atom. The van der Waals surface area contributed by atoms with E-state index in [-0.39, 0.29) is 0 Å². The van der Waals surface area contributed by atoms with Gasteiger partial charge in [0.1, 0.15) is 0 Å². The zero-order valence-electron chi connectivity index (χ0n) is 6.65. The fourth-order valence-electron chi connectivity index (χ4n) is 0.744. The smallest absolute Gasteiger partial charge is 0.0310 e. The van der Waals surface area contributed by atoms with Crippen molar-refractivity contribution in [3.8, 4) is 0 Å². The second-order valence-corrected chi connectivity index (χ2v) is 1.93. The topological polar surface area (TPSA) is 0 Å². The van der Waals surface area contributed by atoms with Crippen LogP contribution in [0.4, 0.5) is 0 Å².